The molecule has 0 atom stereocenters. The van der Waals surface area contributed by atoms with Crippen LogP contribution in [0.4, 0.5) is 11.4 Å². The average Bonchev–Trinajstić information content (AvgIpc) is 3.29. The van der Waals surface area contributed by atoms with E-state index in [4.69, 9.17) is 9.47 Å². The zero-order valence-corrected chi connectivity index (χ0v) is 18.5. The first kappa shape index (κ1) is 22.5. The number of fused-ring (bicyclic) bond motifs is 1. The predicted molar refractivity (Wildman–Crippen MR) is 121 cm³/mol. The number of amides is 2. The number of carbonyl (C=O) groups is 4. The van der Waals surface area contributed by atoms with Crippen LogP contribution in [0.1, 0.15) is 49.4 Å². The highest BCUT2D eigenvalue weighted by molar-refractivity contribution is 6.15. The summed E-state index contributed by atoms with van der Waals surface area (Å²) in [6.07, 6.45) is 2.81. The molecule has 1 aliphatic carbocycles. The molecular weight excluding hydrogens is 424 g/mol. The molecule has 2 aromatic rings. The number of carbonyl (C=O) groups excluding carboxylic acids is 4. The summed E-state index contributed by atoms with van der Waals surface area (Å²) in [7, 11) is 0. The number of benzene rings is 2. The summed E-state index contributed by atoms with van der Waals surface area (Å²) in [4.78, 5) is 51.1. The van der Waals surface area contributed by atoms with Gasteiger partial charge in [0.25, 0.3) is 11.8 Å². The van der Waals surface area contributed by atoms with Crippen LogP contribution in [-0.2, 0) is 19.1 Å². The number of Topliss-reactive ketones (excluding diaryl/α,β-unsaturated/α-hetero) is 1. The number of anilines is 2. The van der Waals surface area contributed by atoms with E-state index in [1.807, 2.05) is 6.07 Å². The summed E-state index contributed by atoms with van der Waals surface area (Å²) in [6, 6.07) is 13.8. The van der Waals surface area contributed by atoms with Crippen LogP contribution < -0.4 is 15.0 Å². The molecule has 1 N–H and O–H groups in total. The van der Waals surface area contributed by atoms with Gasteiger partial charge in [-0.2, -0.15) is 0 Å². The van der Waals surface area contributed by atoms with Gasteiger partial charge in [0.2, 0.25) is 0 Å². The molecule has 1 saturated carbocycles. The first-order valence-electron chi connectivity index (χ1n) is 11.0. The molecule has 1 fully saturated rings. The molecule has 0 radical (unpaired) electrons. The Labute approximate surface area is 191 Å². The van der Waals surface area contributed by atoms with Gasteiger partial charge in [0.05, 0.1) is 24.4 Å². The maximum Gasteiger partial charge on any atom is 0.309 e. The largest absolute Gasteiger partial charge is 0.493 e. The zero-order chi connectivity index (χ0) is 23.4. The van der Waals surface area contributed by atoms with Gasteiger partial charge in [0.1, 0.15) is 11.3 Å². The van der Waals surface area contributed by atoms with Crippen LogP contribution in [0.15, 0.2) is 48.5 Å². The monoisotopic (exact) mass is 450 g/mol. The summed E-state index contributed by atoms with van der Waals surface area (Å²) in [5, 5.41) is 2.92. The number of ketones is 1. The van der Waals surface area contributed by atoms with Crippen molar-refractivity contribution in [2.24, 2.45) is 0 Å². The van der Waals surface area contributed by atoms with Gasteiger partial charge in [-0.3, -0.25) is 24.1 Å². The molecule has 0 bridgehead atoms. The van der Waals surface area contributed by atoms with Crippen LogP contribution in [0.3, 0.4) is 0 Å². The van der Waals surface area contributed by atoms with Gasteiger partial charge in [0, 0.05) is 5.56 Å². The lowest BCUT2D eigenvalue weighted by molar-refractivity contribution is -0.148. The highest BCUT2D eigenvalue weighted by atomic mass is 16.5. The lowest BCUT2D eigenvalue weighted by atomic mass is 9.90. The van der Waals surface area contributed by atoms with Gasteiger partial charge in [-0.05, 0) is 56.2 Å². The molecular formula is C25H26N2O6. The number of hydrogen-bond acceptors (Lipinski definition) is 6. The van der Waals surface area contributed by atoms with Gasteiger partial charge in [0.15, 0.2) is 12.4 Å². The highest BCUT2D eigenvalue weighted by Crippen LogP contribution is 2.45. The van der Waals surface area contributed by atoms with E-state index < -0.39 is 24.0 Å². The molecule has 8 heteroatoms. The van der Waals surface area contributed by atoms with Crippen LogP contribution in [0.2, 0.25) is 0 Å². The van der Waals surface area contributed by atoms with Crippen molar-refractivity contribution in [3.63, 3.8) is 0 Å². The van der Waals surface area contributed by atoms with Crippen LogP contribution >= 0.6 is 0 Å². The normalized spacial score (nSPS) is 16.2. The molecule has 8 nitrogen and oxygen atoms in total. The third-order valence-electron chi connectivity index (χ3n) is 6.12. The Kier molecular flexibility index (Phi) is 6.44. The minimum absolute atomic E-state index is 0.0377. The van der Waals surface area contributed by atoms with E-state index in [1.54, 1.807) is 42.5 Å². The molecule has 0 saturated heterocycles. The highest BCUT2D eigenvalue weighted by Gasteiger charge is 2.52. The summed E-state index contributed by atoms with van der Waals surface area (Å²) < 4.78 is 10.7. The van der Waals surface area contributed by atoms with Gasteiger partial charge >= 0.3 is 5.97 Å². The maximum atomic E-state index is 13.2. The Hall–Kier alpha value is -3.68. The van der Waals surface area contributed by atoms with Crippen molar-refractivity contribution in [2.45, 2.75) is 44.6 Å². The van der Waals surface area contributed by atoms with Gasteiger partial charge in [-0.25, -0.2) is 0 Å². The number of nitrogens with one attached hydrogen (secondary N) is 1. The van der Waals surface area contributed by atoms with E-state index in [9.17, 15) is 19.2 Å². The van der Waals surface area contributed by atoms with E-state index in [1.165, 1.54) is 11.8 Å². The van der Waals surface area contributed by atoms with Gasteiger partial charge < -0.3 is 14.8 Å². The summed E-state index contributed by atoms with van der Waals surface area (Å²) in [5.74, 6) is -0.694. The number of ether oxygens (including phenoxy) is 2. The molecule has 2 aliphatic rings. The SMILES string of the molecule is CC(=O)c1ccc(OCCC(=O)OCC(=O)N2c3ccccc3NC(=O)C23CCCC3)cc1. The quantitative estimate of drug-likeness (QED) is 0.512. The summed E-state index contributed by atoms with van der Waals surface area (Å²) in [5.41, 5.74) is 0.835. The standard InChI is InChI=1S/C25H26N2O6/c1-17(28)18-8-10-19(11-9-18)32-15-12-23(30)33-16-22(29)27-21-7-3-2-6-20(21)26-24(31)25(27)13-4-5-14-25/h2-3,6-11H,4-5,12-16H2,1H3,(H,26,31). The molecule has 1 spiro atoms. The lowest BCUT2D eigenvalue weighted by Gasteiger charge is -2.44. The van der Waals surface area contributed by atoms with E-state index in [0.29, 0.717) is 35.5 Å². The van der Waals surface area contributed by atoms with Crippen molar-refractivity contribution < 1.29 is 28.7 Å². The molecule has 1 heterocycles. The minimum atomic E-state index is -0.938. The Morgan fingerprint density at radius 3 is 2.42 bits per heavy atom. The lowest BCUT2D eigenvalue weighted by Crippen LogP contribution is -2.61. The summed E-state index contributed by atoms with van der Waals surface area (Å²) >= 11 is 0. The topological polar surface area (TPSA) is 102 Å². The van der Waals surface area contributed by atoms with Crippen molar-refractivity contribution in [3.8, 4) is 5.75 Å². The average molecular weight is 450 g/mol. The van der Waals surface area contributed by atoms with E-state index in [-0.39, 0.29) is 24.7 Å². The third-order valence-corrected chi connectivity index (χ3v) is 6.12. The van der Waals surface area contributed by atoms with Crippen LogP contribution in [0.25, 0.3) is 0 Å². The molecule has 2 amide bonds. The predicted octanol–water partition coefficient (Wildman–Crippen LogP) is 3.50. The second kappa shape index (κ2) is 9.44. The van der Waals surface area contributed by atoms with E-state index in [2.05, 4.69) is 5.32 Å². The number of hydrogen-bond donors (Lipinski definition) is 1. The molecule has 1 aliphatic heterocycles. The smallest absolute Gasteiger partial charge is 0.309 e. The fraction of sp³-hybridized carbons (Fsp3) is 0.360. The van der Waals surface area contributed by atoms with Gasteiger partial charge in [-0.1, -0.05) is 25.0 Å². The third kappa shape index (κ3) is 4.60. The molecule has 4 rings (SSSR count). The van der Waals surface area contributed by atoms with Crippen LogP contribution in [0.5, 0.6) is 5.75 Å². The maximum absolute atomic E-state index is 13.2. The van der Waals surface area contributed by atoms with Crippen molar-refractivity contribution in [1.82, 2.24) is 0 Å². The van der Waals surface area contributed by atoms with E-state index >= 15 is 0 Å². The summed E-state index contributed by atoms with van der Waals surface area (Å²) in [6.45, 7) is 1.11. The number of para-hydroxylation sites is 2. The van der Waals surface area contributed by atoms with Crippen LogP contribution in [0, 0.1) is 0 Å². The number of nitrogens with zero attached hydrogens (tertiary/aromatic N) is 1. The fourth-order valence-corrected chi connectivity index (χ4v) is 4.45. The Morgan fingerprint density at radius 1 is 1.03 bits per heavy atom. The minimum Gasteiger partial charge on any atom is -0.493 e. The first-order chi connectivity index (χ1) is 15.9. The van der Waals surface area contributed by atoms with Crippen molar-refractivity contribution in [1.29, 1.82) is 0 Å². The van der Waals surface area contributed by atoms with Crippen LogP contribution in [-0.4, -0.2) is 42.3 Å². The Bertz CT molecular complexity index is 1070. The Morgan fingerprint density at radius 2 is 1.73 bits per heavy atom. The van der Waals surface area contributed by atoms with Crippen molar-refractivity contribution in [2.75, 3.05) is 23.4 Å². The first-order valence-corrected chi connectivity index (χ1v) is 11.0. The van der Waals surface area contributed by atoms with Crippen molar-refractivity contribution >= 4 is 34.9 Å². The second-order valence-electron chi connectivity index (χ2n) is 8.28. The molecule has 172 valence electrons. The van der Waals surface area contributed by atoms with Gasteiger partial charge in [-0.15, -0.1) is 0 Å². The van der Waals surface area contributed by atoms with Crippen molar-refractivity contribution in [3.05, 3.63) is 54.1 Å². The number of esters is 1. The molecule has 0 aromatic heterocycles. The molecule has 33 heavy (non-hydrogen) atoms. The Balaban J connectivity index is 1.35. The zero-order valence-electron chi connectivity index (χ0n) is 18.5. The van der Waals surface area contributed by atoms with E-state index in [0.717, 1.165) is 12.8 Å². The molecule has 0 unspecified atom stereocenters. The second-order valence-corrected chi connectivity index (χ2v) is 8.28. The fourth-order valence-electron chi connectivity index (χ4n) is 4.45. The molecule has 2 aromatic carbocycles. The number of rotatable bonds is 7.